The molecule has 0 bridgehead atoms. The lowest BCUT2D eigenvalue weighted by Crippen LogP contribution is -2.40. The van der Waals surface area contributed by atoms with Crippen molar-refractivity contribution in [1.82, 2.24) is 24.8 Å². The Morgan fingerprint density at radius 3 is 2.39 bits per heavy atom. The highest BCUT2D eigenvalue weighted by Gasteiger charge is 2.21. The van der Waals surface area contributed by atoms with Gasteiger partial charge in [-0.25, -0.2) is 4.98 Å². The second-order valence-corrected chi connectivity index (χ2v) is 10.4. The number of hydrogen-bond donors (Lipinski definition) is 3. The van der Waals surface area contributed by atoms with Crippen LogP contribution < -0.4 is 16.0 Å². The number of anilines is 2. The summed E-state index contributed by atoms with van der Waals surface area (Å²) in [6.45, 7) is 4.97. The second-order valence-electron chi connectivity index (χ2n) is 9.18. The van der Waals surface area contributed by atoms with E-state index in [1.54, 1.807) is 53.6 Å². The summed E-state index contributed by atoms with van der Waals surface area (Å²) < 4.78 is 1.77. The molecule has 38 heavy (non-hydrogen) atoms. The highest BCUT2D eigenvalue weighted by atomic mass is 35.5. The topological polar surface area (TPSA) is 96.8 Å². The van der Waals surface area contributed by atoms with Crippen molar-refractivity contribution in [1.29, 1.82) is 0 Å². The quantitative estimate of drug-likeness (QED) is 0.193. The van der Waals surface area contributed by atoms with E-state index in [0.717, 1.165) is 11.1 Å². The van der Waals surface area contributed by atoms with Crippen LogP contribution in [0.25, 0.3) is 5.82 Å². The highest BCUT2D eigenvalue weighted by molar-refractivity contribution is 6.42. The number of carbonyl (C=O) groups excluding carboxylic acids is 1. The number of aromatic nitrogens is 4. The minimum absolute atomic E-state index is 0.123. The molecule has 0 saturated heterocycles. The lowest BCUT2D eigenvalue weighted by molar-refractivity contribution is -0.122. The molecule has 0 spiro atoms. The van der Waals surface area contributed by atoms with E-state index in [1.807, 2.05) is 18.2 Å². The van der Waals surface area contributed by atoms with Crippen LogP contribution in [0.1, 0.15) is 31.4 Å². The van der Waals surface area contributed by atoms with Crippen molar-refractivity contribution in [3.05, 3.63) is 93.4 Å². The van der Waals surface area contributed by atoms with Gasteiger partial charge in [-0.2, -0.15) is 9.97 Å². The summed E-state index contributed by atoms with van der Waals surface area (Å²) in [6.07, 6.45) is 5.73. The zero-order valence-corrected chi connectivity index (χ0v) is 23.2. The Balaban J connectivity index is 1.53. The predicted molar refractivity (Wildman–Crippen MR) is 153 cm³/mol. The minimum Gasteiger partial charge on any atom is -0.358 e. The zero-order valence-electron chi connectivity index (χ0n) is 21.0. The summed E-state index contributed by atoms with van der Waals surface area (Å²) in [5.41, 5.74) is 1.88. The summed E-state index contributed by atoms with van der Waals surface area (Å²) in [5, 5.41) is 11.2. The van der Waals surface area contributed by atoms with Crippen molar-refractivity contribution in [3.8, 4) is 5.82 Å². The minimum atomic E-state index is -0.504. The average Bonchev–Trinajstić information content (AvgIpc) is 3.43. The molecule has 0 unspecified atom stereocenters. The van der Waals surface area contributed by atoms with Crippen LogP contribution in [-0.2, 0) is 17.9 Å². The average molecular weight is 573 g/mol. The standard InChI is InChI=1S/C27H28Cl3N7O/c1-17(2)11-23(26(38)32-14-18-3-6-20(28)7-4-18)34-24-13-25(37-10-9-31-16-37)36-27(35-24)33-15-19-5-8-21(29)22(30)12-19/h3-10,12-13,16-17,23H,11,14-15H2,1-2H3,(H,32,38)(H2,33,34,35,36)/t23-/m1/s1. The molecule has 0 aliphatic rings. The zero-order chi connectivity index (χ0) is 27.1. The maximum Gasteiger partial charge on any atom is 0.242 e. The van der Waals surface area contributed by atoms with Crippen molar-refractivity contribution < 1.29 is 4.79 Å². The third-order valence-electron chi connectivity index (χ3n) is 5.64. The molecule has 11 heteroatoms. The molecule has 4 rings (SSSR count). The third-order valence-corrected chi connectivity index (χ3v) is 6.63. The lowest BCUT2D eigenvalue weighted by atomic mass is 10.0. The van der Waals surface area contributed by atoms with Gasteiger partial charge in [0.2, 0.25) is 11.9 Å². The Bertz CT molecular complexity index is 1360. The smallest absolute Gasteiger partial charge is 0.242 e. The van der Waals surface area contributed by atoms with Crippen LogP contribution in [0.15, 0.2) is 67.3 Å². The van der Waals surface area contributed by atoms with Gasteiger partial charge in [0.1, 0.15) is 24.0 Å². The molecule has 198 valence electrons. The second kappa shape index (κ2) is 13.0. The molecule has 8 nitrogen and oxygen atoms in total. The molecular weight excluding hydrogens is 545 g/mol. The number of nitrogens with one attached hydrogen (secondary N) is 3. The Kier molecular flexibility index (Phi) is 9.44. The number of halogens is 3. The molecule has 0 aliphatic carbocycles. The first-order chi connectivity index (χ1) is 18.3. The first kappa shape index (κ1) is 27.7. The molecular formula is C27H28Cl3N7O. The Hall–Kier alpha value is -3.33. The number of hydrogen-bond acceptors (Lipinski definition) is 6. The van der Waals surface area contributed by atoms with Crippen molar-refractivity contribution in [2.75, 3.05) is 10.6 Å². The van der Waals surface area contributed by atoms with E-state index in [1.165, 1.54) is 0 Å². The van der Waals surface area contributed by atoms with Crippen LogP contribution >= 0.6 is 34.8 Å². The summed E-state index contributed by atoms with van der Waals surface area (Å²) in [7, 11) is 0. The number of carbonyl (C=O) groups is 1. The van der Waals surface area contributed by atoms with E-state index in [0.29, 0.717) is 52.2 Å². The summed E-state index contributed by atoms with van der Waals surface area (Å²) in [6, 6.07) is 14.1. The molecule has 0 aliphatic heterocycles. The van der Waals surface area contributed by atoms with Crippen LogP contribution in [0.3, 0.4) is 0 Å². The van der Waals surface area contributed by atoms with E-state index < -0.39 is 6.04 Å². The molecule has 2 heterocycles. The number of benzene rings is 2. The van der Waals surface area contributed by atoms with E-state index in [9.17, 15) is 4.79 Å². The monoisotopic (exact) mass is 571 g/mol. The maximum absolute atomic E-state index is 13.2. The van der Waals surface area contributed by atoms with E-state index in [-0.39, 0.29) is 11.8 Å². The van der Waals surface area contributed by atoms with Crippen molar-refractivity contribution in [2.24, 2.45) is 5.92 Å². The van der Waals surface area contributed by atoms with Crippen molar-refractivity contribution in [2.45, 2.75) is 39.4 Å². The fourth-order valence-electron chi connectivity index (χ4n) is 3.74. The van der Waals surface area contributed by atoms with Gasteiger partial charge in [0.15, 0.2) is 0 Å². The Morgan fingerprint density at radius 1 is 0.947 bits per heavy atom. The van der Waals surface area contributed by atoms with Crippen LogP contribution in [-0.4, -0.2) is 31.5 Å². The fraction of sp³-hybridized carbons (Fsp3) is 0.259. The number of rotatable bonds is 11. The Labute approximate surface area is 236 Å². The molecule has 2 aromatic heterocycles. The SMILES string of the molecule is CC(C)C[C@@H](Nc1cc(-n2ccnc2)nc(NCc2ccc(Cl)c(Cl)c2)n1)C(=O)NCc1ccc(Cl)cc1. The first-order valence-corrected chi connectivity index (χ1v) is 13.2. The van der Waals surface area contributed by atoms with Crippen LogP contribution in [0, 0.1) is 5.92 Å². The van der Waals surface area contributed by atoms with Gasteiger partial charge in [0, 0.05) is 36.6 Å². The molecule has 1 atom stereocenters. The predicted octanol–water partition coefficient (Wildman–Crippen LogP) is 6.38. The molecule has 0 fully saturated rings. The molecule has 1 amide bonds. The van der Waals surface area contributed by atoms with E-state index >= 15 is 0 Å². The van der Waals surface area contributed by atoms with Gasteiger partial charge in [-0.3, -0.25) is 9.36 Å². The van der Waals surface area contributed by atoms with Crippen LogP contribution in [0.2, 0.25) is 15.1 Å². The van der Waals surface area contributed by atoms with Gasteiger partial charge in [0.05, 0.1) is 10.0 Å². The molecule has 4 aromatic rings. The van der Waals surface area contributed by atoms with Gasteiger partial charge in [-0.15, -0.1) is 0 Å². The van der Waals surface area contributed by atoms with Gasteiger partial charge < -0.3 is 16.0 Å². The summed E-state index contributed by atoms with van der Waals surface area (Å²) in [4.78, 5) is 26.6. The number of imidazole rings is 1. The van der Waals surface area contributed by atoms with E-state index in [2.05, 4.69) is 44.7 Å². The molecule has 0 saturated carbocycles. The highest BCUT2D eigenvalue weighted by Crippen LogP contribution is 2.23. The number of amides is 1. The summed E-state index contributed by atoms with van der Waals surface area (Å²) >= 11 is 18.2. The van der Waals surface area contributed by atoms with Gasteiger partial charge in [0.25, 0.3) is 0 Å². The third kappa shape index (κ3) is 7.84. The van der Waals surface area contributed by atoms with Crippen molar-refractivity contribution in [3.63, 3.8) is 0 Å². The number of nitrogens with zero attached hydrogens (tertiary/aromatic N) is 4. The molecule has 2 aromatic carbocycles. The van der Waals surface area contributed by atoms with Gasteiger partial charge >= 0.3 is 0 Å². The van der Waals surface area contributed by atoms with Gasteiger partial charge in [-0.1, -0.05) is 66.8 Å². The maximum atomic E-state index is 13.2. The van der Waals surface area contributed by atoms with Gasteiger partial charge in [-0.05, 0) is 47.7 Å². The molecule has 0 radical (unpaired) electrons. The fourth-order valence-corrected chi connectivity index (χ4v) is 4.19. The summed E-state index contributed by atoms with van der Waals surface area (Å²) in [5.74, 6) is 1.64. The van der Waals surface area contributed by atoms with Crippen molar-refractivity contribution >= 4 is 52.5 Å². The first-order valence-electron chi connectivity index (χ1n) is 12.1. The molecule has 3 N–H and O–H groups in total. The Morgan fingerprint density at radius 2 is 1.71 bits per heavy atom. The largest absolute Gasteiger partial charge is 0.358 e. The van der Waals surface area contributed by atoms with E-state index in [4.69, 9.17) is 34.8 Å². The van der Waals surface area contributed by atoms with Crippen LogP contribution in [0.5, 0.6) is 0 Å². The normalized spacial score (nSPS) is 11.8. The van der Waals surface area contributed by atoms with Crippen LogP contribution in [0.4, 0.5) is 11.8 Å². The lowest BCUT2D eigenvalue weighted by Gasteiger charge is -2.21.